The molecule has 0 amide bonds. The largest absolute Gasteiger partial charge is 0.229 e. The van der Waals surface area contributed by atoms with Gasteiger partial charge >= 0.3 is 0 Å². The van der Waals surface area contributed by atoms with E-state index in [2.05, 4.69) is 6.92 Å². The minimum atomic E-state index is -2.76. The number of sulfone groups is 1. The molecule has 0 N–H and O–H groups in total. The van der Waals surface area contributed by atoms with Crippen LogP contribution in [0, 0.1) is 0 Å². The standard InChI is InChI=1S/C15H30O2S/c1-2-3-4-5-6-7-8-11-14-18(16,17)15-12-9-10-13-15/h15H,2-14H2,1H3. The van der Waals surface area contributed by atoms with E-state index in [4.69, 9.17) is 0 Å². The zero-order chi connectivity index (χ0) is 13.3. The lowest BCUT2D eigenvalue weighted by atomic mass is 10.1. The average molecular weight is 274 g/mol. The van der Waals surface area contributed by atoms with Gasteiger partial charge in [-0.2, -0.15) is 0 Å². The van der Waals surface area contributed by atoms with E-state index in [0.717, 1.165) is 38.5 Å². The molecule has 0 saturated heterocycles. The van der Waals surface area contributed by atoms with E-state index in [-0.39, 0.29) is 5.25 Å². The molecular weight excluding hydrogens is 244 g/mol. The Bertz CT molecular complexity index is 290. The second kappa shape index (κ2) is 8.95. The van der Waals surface area contributed by atoms with Crippen LogP contribution in [0.15, 0.2) is 0 Å². The van der Waals surface area contributed by atoms with Crippen molar-refractivity contribution in [3.63, 3.8) is 0 Å². The molecule has 0 aromatic carbocycles. The minimum Gasteiger partial charge on any atom is -0.229 e. The molecular formula is C15H30O2S. The van der Waals surface area contributed by atoms with Crippen LogP contribution in [-0.2, 0) is 9.84 Å². The highest BCUT2D eigenvalue weighted by molar-refractivity contribution is 7.92. The maximum atomic E-state index is 12.0. The monoisotopic (exact) mass is 274 g/mol. The molecule has 1 fully saturated rings. The predicted octanol–water partition coefficient (Wildman–Crippen LogP) is 4.48. The van der Waals surface area contributed by atoms with E-state index in [1.165, 1.54) is 38.5 Å². The molecule has 0 unspecified atom stereocenters. The maximum absolute atomic E-state index is 12.0. The first-order valence-electron chi connectivity index (χ1n) is 7.88. The molecule has 0 aromatic rings. The van der Waals surface area contributed by atoms with Gasteiger partial charge in [-0.05, 0) is 19.3 Å². The van der Waals surface area contributed by atoms with Crippen LogP contribution in [0.1, 0.15) is 84.0 Å². The van der Waals surface area contributed by atoms with Gasteiger partial charge in [0, 0.05) is 0 Å². The van der Waals surface area contributed by atoms with Gasteiger partial charge < -0.3 is 0 Å². The minimum absolute atomic E-state index is 0.00190. The van der Waals surface area contributed by atoms with Crippen molar-refractivity contribution in [3.8, 4) is 0 Å². The van der Waals surface area contributed by atoms with E-state index in [9.17, 15) is 8.42 Å². The Morgan fingerprint density at radius 1 is 0.833 bits per heavy atom. The summed E-state index contributed by atoms with van der Waals surface area (Å²) >= 11 is 0. The highest BCUT2D eigenvalue weighted by Crippen LogP contribution is 2.25. The van der Waals surface area contributed by atoms with Crippen LogP contribution < -0.4 is 0 Å². The quantitative estimate of drug-likeness (QED) is 0.550. The summed E-state index contributed by atoms with van der Waals surface area (Å²) in [7, 11) is -2.76. The predicted molar refractivity (Wildman–Crippen MR) is 78.7 cm³/mol. The fraction of sp³-hybridized carbons (Fsp3) is 1.00. The molecule has 1 rings (SSSR count). The van der Waals surface area contributed by atoms with Crippen molar-refractivity contribution in [2.45, 2.75) is 89.2 Å². The highest BCUT2D eigenvalue weighted by Gasteiger charge is 2.27. The van der Waals surface area contributed by atoms with Crippen molar-refractivity contribution in [2.75, 3.05) is 5.75 Å². The van der Waals surface area contributed by atoms with E-state index >= 15 is 0 Å². The lowest BCUT2D eigenvalue weighted by Crippen LogP contribution is -2.20. The lowest BCUT2D eigenvalue weighted by Gasteiger charge is -2.10. The number of hydrogen-bond donors (Lipinski definition) is 0. The Labute approximate surface area is 113 Å². The molecule has 0 bridgehead atoms. The van der Waals surface area contributed by atoms with Gasteiger partial charge in [0.05, 0.1) is 11.0 Å². The van der Waals surface area contributed by atoms with Gasteiger partial charge in [0.25, 0.3) is 0 Å². The van der Waals surface area contributed by atoms with Gasteiger partial charge in [0.1, 0.15) is 0 Å². The van der Waals surface area contributed by atoms with Crippen LogP contribution in [-0.4, -0.2) is 19.4 Å². The normalized spacial score (nSPS) is 17.4. The molecule has 0 radical (unpaired) electrons. The summed E-state index contributed by atoms with van der Waals surface area (Å²) in [5.41, 5.74) is 0. The summed E-state index contributed by atoms with van der Waals surface area (Å²) in [6, 6.07) is 0. The van der Waals surface area contributed by atoms with Crippen LogP contribution >= 0.6 is 0 Å². The highest BCUT2D eigenvalue weighted by atomic mass is 32.2. The average Bonchev–Trinajstić information content (AvgIpc) is 2.87. The van der Waals surface area contributed by atoms with Crippen molar-refractivity contribution in [1.29, 1.82) is 0 Å². The first-order valence-corrected chi connectivity index (χ1v) is 9.60. The van der Waals surface area contributed by atoms with E-state index < -0.39 is 9.84 Å². The molecule has 1 aliphatic rings. The molecule has 2 nitrogen and oxygen atoms in total. The summed E-state index contributed by atoms with van der Waals surface area (Å²) in [5, 5.41) is 0.00190. The zero-order valence-electron chi connectivity index (χ0n) is 12.0. The van der Waals surface area contributed by atoms with Gasteiger partial charge in [-0.1, -0.05) is 64.7 Å². The van der Waals surface area contributed by atoms with Gasteiger partial charge in [-0.15, -0.1) is 0 Å². The Morgan fingerprint density at radius 2 is 1.33 bits per heavy atom. The molecule has 3 heteroatoms. The molecule has 0 aliphatic heterocycles. The van der Waals surface area contributed by atoms with Crippen LogP contribution in [0.3, 0.4) is 0 Å². The lowest BCUT2D eigenvalue weighted by molar-refractivity contribution is 0.563. The van der Waals surface area contributed by atoms with Crippen molar-refractivity contribution < 1.29 is 8.42 Å². The van der Waals surface area contributed by atoms with E-state index in [1.807, 2.05) is 0 Å². The van der Waals surface area contributed by atoms with Crippen molar-refractivity contribution in [3.05, 3.63) is 0 Å². The first kappa shape index (κ1) is 16.0. The van der Waals surface area contributed by atoms with Crippen molar-refractivity contribution >= 4 is 9.84 Å². The summed E-state index contributed by atoms with van der Waals surface area (Å²) in [6.07, 6.45) is 13.8. The molecule has 0 atom stereocenters. The fourth-order valence-corrected chi connectivity index (χ4v) is 4.84. The molecule has 1 saturated carbocycles. The third-order valence-corrected chi connectivity index (χ3v) is 6.44. The van der Waals surface area contributed by atoms with Crippen molar-refractivity contribution in [1.82, 2.24) is 0 Å². The Balaban J connectivity index is 2.00. The Hall–Kier alpha value is -0.0500. The molecule has 0 spiro atoms. The van der Waals surface area contributed by atoms with Gasteiger partial charge in [-0.3, -0.25) is 0 Å². The van der Waals surface area contributed by atoms with Crippen LogP contribution in [0.2, 0.25) is 0 Å². The Morgan fingerprint density at radius 3 is 1.89 bits per heavy atom. The SMILES string of the molecule is CCCCCCCCCCS(=O)(=O)C1CCCC1. The Kier molecular flexibility index (Phi) is 7.96. The van der Waals surface area contributed by atoms with E-state index in [0.29, 0.717) is 5.75 Å². The smallest absolute Gasteiger partial charge is 0.153 e. The molecule has 0 aromatic heterocycles. The van der Waals surface area contributed by atoms with Crippen LogP contribution in [0.5, 0.6) is 0 Å². The van der Waals surface area contributed by atoms with E-state index in [1.54, 1.807) is 0 Å². The zero-order valence-corrected chi connectivity index (χ0v) is 12.8. The summed E-state index contributed by atoms with van der Waals surface area (Å²) in [5.74, 6) is 0.437. The summed E-state index contributed by atoms with van der Waals surface area (Å²) in [4.78, 5) is 0. The number of rotatable bonds is 10. The molecule has 108 valence electrons. The second-order valence-corrected chi connectivity index (χ2v) is 8.15. The molecule has 18 heavy (non-hydrogen) atoms. The van der Waals surface area contributed by atoms with Gasteiger partial charge in [0.2, 0.25) is 0 Å². The van der Waals surface area contributed by atoms with Crippen molar-refractivity contribution in [2.24, 2.45) is 0 Å². The molecule has 0 heterocycles. The van der Waals surface area contributed by atoms with Crippen LogP contribution in [0.25, 0.3) is 0 Å². The third-order valence-electron chi connectivity index (χ3n) is 4.09. The van der Waals surface area contributed by atoms with Gasteiger partial charge in [-0.25, -0.2) is 8.42 Å². The fourth-order valence-electron chi connectivity index (χ4n) is 2.85. The maximum Gasteiger partial charge on any atom is 0.153 e. The number of unbranched alkanes of at least 4 members (excludes halogenated alkanes) is 7. The number of hydrogen-bond acceptors (Lipinski definition) is 2. The summed E-state index contributed by atoms with van der Waals surface area (Å²) < 4.78 is 24.0. The topological polar surface area (TPSA) is 34.1 Å². The van der Waals surface area contributed by atoms with Crippen LogP contribution in [0.4, 0.5) is 0 Å². The third kappa shape index (κ3) is 6.21. The van der Waals surface area contributed by atoms with Gasteiger partial charge in [0.15, 0.2) is 9.84 Å². The molecule has 1 aliphatic carbocycles. The first-order chi connectivity index (χ1) is 8.67. The summed E-state index contributed by atoms with van der Waals surface area (Å²) in [6.45, 7) is 2.23. The second-order valence-electron chi connectivity index (χ2n) is 5.75.